The fourth-order valence-corrected chi connectivity index (χ4v) is 2.20. The molecule has 0 radical (unpaired) electrons. The van der Waals surface area contributed by atoms with E-state index in [9.17, 15) is 8.78 Å². The Morgan fingerprint density at radius 3 is 2.48 bits per heavy atom. The number of nitrogen functional groups attached to an aromatic ring is 1. The summed E-state index contributed by atoms with van der Waals surface area (Å²) in [6.45, 7) is 3.17. The second-order valence-electron chi connectivity index (χ2n) is 5.04. The molecular formula is C11H14ClF2N7. The van der Waals surface area contributed by atoms with Crippen molar-refractivity contribution in [3.63, 3.8) is 0 Å². The maximum atomic E-state index is 13.6. The first-order chi connectivity index (χ1) is 9.70. The maximum absolute atomic E-state index is 13.6. The average Bonchev–Trinajstić information content (AvgIpc) is 2.87. The van der Waals surface area contributed by atoms with Crippen LogP contribution in [0.1, 0.15) is 13.8 Å². The van der Waals surface area contributed by atoms with Crippen molar-refractivity contribution >= 4 is 23.5 Å². The normalized spacial score (nSPS) is 21.3. The molecule has 2 rings (SSSR count). The number of likely N-dealkylation sites (N-methyl/N-ethyl adjacent to an activating group) is 1. The van der Waals surface area contributed by atoms with Gasteiger partial charge in [0.15, 0.2) is 5.54 Å². The second-order valence-corrected chi connectivity index (χ2v) is 5.38. The zero-order valence-corrected chi connectivity index (χ0v) is 12.4. The second kappa shape index (κ2) is 5.14. The molecule has 7 nitrogen and oxygen atoms in total. The van der Waals surface area contributed by atoms with Crippen molar-refractivity contribution < 1.29 is 8.78 Å². The molecule has 1 unspecified atom stereocenters. The van der Waals surface area contributed by atoms with Gasteiger partial charge in [-0.25, -0.2) is 8.78 Å². The zero-order valence-electron chi connectivity index (χ0n) is 11.6. The molecule has 1 atom stereocenters. The molecule has 0 spiro atoms. The van der Waals surface area contributed by atoms with Crippen LogP contribution in [0.15, 0.2) is 22.5 Å². The number of nitrogens with two attached hydrogens (primary N) is 1. The highest BCUT2D eigenvalue weighted by atomic mass is 35.5. The lowest BCUT2D eigenvalue weighted by molar-refractivity contribution is 0.0428. The summed E-state index contributed by atoms with van der Waals surface area (Å²) in [6, 6.07) is 0. The molecule has 0 bridgehead atoms. The Hall–Kier alpha value is -1.90. The van der Waals surface area contributed by atoms with E-state index < -0.39 is 17.5 Å². The predicted molar refractivity (Wildman–Crippen MR) is 74.5 cm³/mol. The van der Waals surface area contributed by atoms with E-state index in [1.807, 2.05) is 0 Å². The van der Waals surface area contributed by atoms with Crippen molar-refractivity contribution in [2.24, 2.45) is 10.2 Å². The third-order valence-corrected chi connectivity index (χ3v) is 3.85. The summed E-state index contributed by atoms with van der Waals surface area (Å²) >= 11 is 5.73. The molecule has 0 amide bonds. The van der Waals surface area contributed by atoms with Crippen molar-refractivity contribution in [1.82, 2.24) is 15.0 Å². The molecule has 1 aromatic heterocycles. The van der Waals surface area contributed by atoms with Crippen LogP contribution < -0.4 is 10.6 Å². The lowest BCUT2D eigenvalue weighted by atomic mass is 9.79. The van der Waals surface area contributed by atoms with Crippen LogP contribution in [0.2, 0.25) is 5.28 Å². The van der Waals surface area contributed by atoms with Crippen LogP contribution >= 0.6 is 11.6 Å². The molecule has 0 aromatic carbocycles. The Bertz CT molecular complexity index is 570. The molecule has 0 fully saturated rings. The van der Waals surface area contributed by atoms with Crippen LogP contribution in [-0.4, -0.2) is 39.5 Å². The molecule has 10 heteroatoms. The fourth-order valence-electron chi connectivity index (χ4n) is 2.04. The first-order valence-corrected chi connectivity index (χ1v) is 6.37. The van der Waals surface area contributed by atoms with Gasteiger partial charge in [-0.2, -0.15) is 25.2 Å². The van der Waals surface area contributed by atoms with Crippen LogP contribution in [0.3, 0.4) is 0 Å². The van der Waals surface area contributed by atoms with Gasteiger partial charge in [0.25, 0.3) is 6.43 Å². The third kappa shape index (κ3) is 2.41. The Balaban J connectivity index is 2.47. The van der Waals surface area contributed by atoms with E-state index in [0.717, 1.165) is 0 Å². The molecule has 0 saturated heterocycles. The molecule has 2 heterocycles. The number of anilines is 2. The lowest BCUT2D eigenvalue weighted by Gasteiger charge is -2.45. The van der Waals surface area contributed by atoms with Crippen LogP contribution in [0, 0.1) is 0 Å². The largest absolute Gasteiger partial charge is 0.368 e. The molecule has 2 N–H and O–H groups in total. The van der Waals surface area contributed by atoms with Crippen molar-refractivity contribution in [1.29, 1.82) is 0 Å². The highest BCUT2D eigenvalue weighted by molar-refractivity contribution is 6.28. The minimum atomic E-state index is -2.76. The monoisotopic (exact) mass is 317 g/mol. The van der Waals surface area contributed by atoms with Gasteiger partial charge in [0.1, 0.15) is 0 Å². The van der Waals surface area contributed by atoms with Gasteiger partial charge >= 0.3 is 0 Å². The number of hydrogen-bond acceptors (Lipinski definition) is 7. The van der Waals surface area contributed by atoms with Crippen LogP contribution in [-0.2, 0) is 0 Å². The molecule has 21 heavy (non-hydrogen) atoms. The summed E-state index contributed by atoms with van der Waals surface area (Å²) in [5.74, 6) is -0.0182. The maximum Gasteiger partial charge on any atom is 0.271 e. The van der Waals surface area contributed by atoms with E-state index in [4.69, 9.17) is 17.3 Å². The Morgan fingerprint density at radius 2 is 2.00 bits per heavy atom. The van der Waals surface area contributed by atoms with Gasteiger partial charge in [-0.3, -0.25) is 0 Å². The summed E-state index contributed by atoms with van der Waals surface area (Å²) in [5.41, 5.74) is 2.51. The van der Waals surface area contributed by atoms with Crippen LogP contribution in [0.25, 0.3) is 0 Å². The van der Waals surface area contributed by atoms with E-state index in [1.165, 1.54) is 17.2 Å². The Kier molecular flexibility index (Phi) is 3.79. The van der Waals surface area contributed by atoms with Gasteiger partial charge in [0.2, 0.25) is 17.2 Å². The zero-order chi connectivity index (χ0) is 15.8. The standard InChI is InChI=1S/C11H14ClF2N7/c1-10(2,11(6(13)14)4-5-16-20-11)21(3)9-18-7(12)17-8(15)19-9/h4-6H,1-3H3,(H2,15,17,18,19). The van der Waals surface area contributed by atoms with Gasteiger partial charge in [0.05, 0.1) is 5.54 Å². The predicted octanol–water partition coefficient (Wildman–Crippen LogP) is 2.31. The quantitative estimate of drug-likeness (QED) is 0.919. The summed E-state index contributed by atoms with van der Waals surface area (Å²) in [4.78, 5) is 12.9. The lowest BCUT2D eigenvalue weighted by Crippen LogP contribution is -2.61. The number of aromatic nitrogens is 3. The fraction of sp³-hybridized carbons (Fsp3) is 0.545. The summed E-state index contributed by atoms with van der Waals surface area (Å²) in [5, 5.41) is 7.17. The van der Waals surface area contributed by atoms with Crippen LogP contribution in [0.4, 0.5) is 20.7 Å². The van der Waals surface area contributed by atoms with E-state index >= 15 is 0 Å². The van der Waals surface area contributed by atoms with E-state index in [0.29, 0.717) is 0 Å². The van der Waals surface area contributed by atoms with Crippen molar-refractivity contribution in [3.05, 3.63) is 17.6 Å². The molecule has 1 aliphatic heterocycles. The van der Waals surface area contributed by atoms with Gasteiger partial charge < -0.3 is 10.6 Å². The Labute approximate surface area is 124 Å². The molecule has 1 aliphatic rings. The molecule has 1 aromatic rings. The number of halogens is 3. The van der Waals surface area contributed by atoms with Crippen molar-refractivity contribution in [3.8, 4) is 0 Å². The van der Waals surface area contributed by atoms with Gasteiger partial charge in [-0.05, 0) is 31.5 Å². The molecule has 0 saturated carbocycles. The van der Waals surface area contributed by atoms with Gasteiger partial charge in [0, 0.05) is 13.2 Å². The molecular weight excluding hydrogens is 304 g/mol. The molecule has 0 aliphatic carbocycles. The summed E-state index contributed by atoms with van der Waals surface area (Å²) < 4.78 is 27.2. The van der Waals surface area contributed by atoms with Crippen LogP contribution in [0.5, 0.6) is 0 Å². The topological polar surface area (TPSA) is 92.7 Å². The van der Waals surface area contributed by atoms with Crippen molar-refractivity contribution in [2.75, 3.05) is 17.7 Å². The minimum absolute atomic E-state index is 0.0769. The molecule has 114 valence electrons. The van der Waals surface area contributed by atoms with Gasteiger partial charge in [-0.1, -0.05) is 0 Å². The third-order valence-electron chi connectivity index (χ3n) is 3.68. The average molecular weight is 318 g/mol. The smallest absolute Gasteiger partial charge is 0.271 e. The highest BCUT2D eigenvalue weighted by Crippen LogP contribution is 2.41. The number of nitrogens with zero attached hydrogens (tertiary/aromatic N) is 6. The Morgan fingerprint density at radius 1 is 1.33 bits per heavy atom. The minimum Gasteiger partial charge on any atom is -0.368 e. The van der Waals surface area contributed by atoms with Crippen molar-refractivity contribution in [2.45, 2.75) is 31.4 Å². The number of hydrogen-bond donors (Lipinski definition) is 1. The highest BCUT2D eigenvalue weighted by Gasteiger charge is 2.55. The first-order valence-electron chi connectivity index (χ1n) is 5.99. The number of alkyl halides is 2. The SMILES string of the molecule is CN(c1nc(N)nc(Cl)n1)C(C)(C)C1(C(F)F)C=CN=N1. The summed E-state index contributed by atoms with van der Waals surface area (Å²) in [7, 11) is 1.55. The van der Waals surface area contributed by atoms with Gasteiger partial charge in [-0.15, -0.1) is 0 Å². The first kappa shape index (κ1) is 15.5. The van der Waals surface area contributed by atoms with E-state index in [2.05, 4.69) is 25.2 Å². The summed E-state index contributed by atoms with van der Waals surface area (Å²) in [6.07, 6.45) is -0.247. The van der Waals surface area contributed by atoms with E-state index in [1.54, 1.807) is 20.9 Å². The van der Waals surface area contributed by atoms with E-state index in [-0.39, 0.29) is 17.2 Å². The number of azo groups is 1. The number of rotatable bonds is 4.